The van der Waals surface area contributed by atoms with Crippen LogP contribution in [0, 0.1) is 5.92 Å². The minimum Gasteiger partial charge on any atom is -0.390 e. The first-order valence-electron chi connectivity index (χ1n) is 7.72. The highest BCUT2D eigenvalue weighted by Crippen LogP contribution is 2.35. The van der Waals surface area contributed by atoms with Gasteiger partial charge in [-0.25, -0.2) is 0 Å². The number of hydrogen-bond acceptors (Lipinski definition) is 3. The van der Waals surface area contributed by atoms with E-state index in [-0.39, 0.29) is 6.10 Å². The molecule has 0 amide bonds. The molecule has 0 bridgehead atoms. The van der Waals surface area contributed by atoms with Crippen molar-refractivity contribution in [3.8, 4) is 0 Å². The quantitative estimate of drug-likeness (QED) is 0.902. The summed E-state index contributed by atoms with van der Waals surface area (Å²) in [5.74, 6) is 0.888. The Bertz CT molecular complexity index is 377. The Balaban J connectivity index is 1.55. The molecule has 3 rings (SSSR count). The van der Waals surface area contributed by atoms with Gasteiger partial charge < -0.3 is 5.11 Å². The van der Waals surface area contributed by atoms with Gasteiger partial charge in [-0.2, -0.15) is 5.10 Å². The van der Waals surface area contributed by atoms with E-state index in [0.29, 0.717) is 6.54 Å². The van der Waals surface area contributed by atoms with E-state index in [1.165, 1.54) is 38.5 Å². The van der Waals surface area contributed by atoms with Gasteiger partial charge in [0.05, 0.1) is 12.6 Å². The lowest BCUT2D eigenvalue weighted by Gasteiger charge is -2.44. The Hall–Kier alpha value is -0.870. The highest BCUT2D eigenvalue weighted by atomic mass is 16.3. The van der Waals surface area contributed by atoms with Gasteiger partial charge in [-0.3, -0.25) is 9.58 Å². The van der Waals surface area contributed by atoms with Crippen LogP contribution in [0.25, 0.3) is 0 Å². The van der Waals surface area contributed by atoms with Gasteiger partial charge in [0.2, 0.25) is 0 Å². The highest BCUT2D eigenvalue weighted by Gasteiger charge is 2.33. The molecule has 1 aromatic rings. The third-order valence-electron chi connectivity index (χ3n) is 4.76. The second-order valence-electron chi connectivity index (χ2n) is 6.13. The average Bonchev–Trinajstić information content (AvgIpc) is 2.92. The number of fused-ring (bicyclic) bond motifs is 1. The molecule has 4 nitrogen and oxygen atoms in total. The number of β-amino-alcohol motifs (C(OH)–C–C–N with tert-alkyl or cyclic N) is 1. The molecule has 4 heteroatoms. The zero-order valence-electron chi connectivity index (χ0n) is 11.6. The van der Waals surface area contributed by atoms with E-state index in [0.717, 1.165) is 25.0 Å². The smallest absolute Gasteiger partial charge is 0.0862 e. The van der Waals surface area contributed by atoms with Gasteiger partial charge in [0.25, 0.3) is 0 Å². The zero-order valence-corrected chi connectivity index (χ0v) is 11.6. The van der Waals surface area contributed by atoms with Crippen molar-refractivity contribution >= 4 is 0 Å². The predicted octanol–water partition coefficient (Wildman–Crippen LogP) is 1.90. The van der Waals surface area contributed by atoms with Crippen LogP contribution in [0.1, 0.15) is 38.5 Å². The third-order valence-corrected chi connectivity index (χ3v) is 4.76. The van der Waals surface area contributed by atoms with Gasteiger partial charge in [0.15, 0.2) is 0 Å². The average molecular weight is 263 g/mol. The van der Waals surface area contributed by atoms with Gasteiger partial charge in [0.1, 0.15) is 0 Å². The van der Waals surface area contributed by atoms with Crippen LogP contribution in [0.5, 0.6) is 0 Å². The van der Waals surface area contributed by atoms with E-state index in [1.807, 2.05) is 16.9 Å². The summed E-state index contributed by atoms with van der Waals surface area (Å²) < 4.78 is 1.83. The lowest BCUT2D eigenvalue weighted by atomic mass is 9.78. The maximum atomic E-state index is 10.3. The summed E-state index contributed by atoms with van der Waals surface area (Å²) in [6.07, 6.45) is 11.6. The van der Waals surface area contributed by atoms with Crippen molar-refractivity contribution in [3.05, 3.63) is 18.5 Å². The number of piperidine rings is 1. The van der Waals surface area contributed by atoms with Crippen LogP contribution in [0.15, 0.2) is 18.5 Å². The van der Waals surface area contributed by atoms with Gasteiger partial charge in [-0.05, 0) is 44.2 Å². The fourth-order valence-electron chi connectivity index (χ4n) is 3.91. The van der Waals surface area contributed by atoms with Crippen LogP contribution < -0.4 is 0 Å². The van der Waals surface area contributed by atoms with Crippen molar-refractivity contribution in [1.29, 1.82) is 0 Å². The topological polar surface area (TPSA) is 41.3 Å². The predicted molar refractivity (Wildman–Crippen MR) is 74.8 cm³/mol. The lowest BCUT2D eigenvalue weighted by molar-refractivity contribution is 0.0152. The van der Waals surface area contributed by atoms with E-state index in [2.05, 4.69) is 10.00 Å². The molecular weight excluding hydrogens is 238 g/mol. The van der Waals surface area contributed by atoms with Crippen LogP contribution >= 0.6 is 0 Å². The Morgan fingerprint density at radius 2 is 2.00 bits per heavy atom. The van der Waals surface area contributed by atoms with Crippen molar-refractivity contribution < 1.29 is 5.11 Å². The first-order chi connectivity index (χ1) is 9.33. The summed E-state index contributed by atoms with van der Waals surface area (Å²) in [4.78, 5) is 2.54. The summed E-state index contributed by atoms with van der Waals surface area (Å²) in [5, 5.41) is 14.4. The number of rotatable bonds is 4. The molecule has 1 aliphatic heterocycles. The Morgan fingerprint density at radius 3 is 2.84 bits per heavy atom. The number of likely N-dealkylation sites (tertiary alicyclic amines) is 1. The maximum Gasteiger partial charge on any atom is 0.0862 e. The summed E-state index contributed by atoms with van der Waals surface area (Å²) in [6, 6.07) is 2.64. The molecule has 3 unspecified atom stereocenters. The molecule has 3 atom stereocenters. The molecule has 0 radical (unpaired) electrons. The molecule has 2 fully saturated rings. The molecular formula is C15H25N3O. The molecule has 2 heterocycles. The highest BCUT2D eigenvalue weighted by molar-refractivity contribution is 4.88. The molecule has 1 aromatic heterocycles. The summed E-state index contributed by atoms with van der Waals surface area (Å²) in [5.41, 5.74) is 0. The SMILES string of the molecule is OC(CN1CCCC2CCCCC21)Cn1cccn1. The number of aromatic nitrogens is 2. The Labute approximate surface area is 115 Å². The summed E-state index contributed by atoms with van der Waals surface area (Å²) in [6.45, 7) is 2.58. The van der Waals surface area contributed by atoms with Crippen molar-refractivity contribution in [2.24, 2.45) is 5.92 Å². The number of nitrogens with zero attached hydrogens (tertiary/aromatic N) is 3. The Morgan fingerprint density at radius 1 is 1.16 bits per heavy atom. The van der Waals surface area contributed by atoms with Crippen LogP contribution in [0.4, 0.5) is 0 Å². The van der Waals surface area contributed by atoms with E-state index in [1.54, 1.807) is 6.20 Å². The van der Waals surface area contributed by atoms with Crippen molar-refractivity contribution in [2.75, 3.05) is 13.1 Å². The summed E-state index contributed by atoms with van der Waals surface area (Å²) >= 11 is 0. The van der Waals surface area contributed by atoms with Gasteiger partial charge in [0, 0.05) is 25.0 Å². The lowest BCUT2D eigenvalue weighted by Crippen LogP contribution is -2.49. The molecule has 1 N–H and O–H groups in total. The van der Waals surface area contributed by atoms with Gasteiger partial charge >= 0.3 is 0 Å². The molecule has 2 aliphatic rings. The molecule has 1 saturated heterocycles. The fourth-order valence-corrected chi connectivity index (χ4v) is 3.91. The Kier molecular flexibility index (Phi) is 4.18. The van der Waals surface area contributed by atoms with E-state index in [9.17, 15) is 5.11 Å². The molecule has 1 aliphatic carbocycles. The van der Waals surface area contributed by atoms with E-state index >= 15 is 0 Å². The van der Waals surface area contributed by atoms with Crippen molar-refractivity contribution in [1.82, 2.24) is 14.7 Å². The molecule has 0 aromatic carbocycles. The molecule has 1 saturated carbocycles. The second kappa shape index (κ2) is 6.06. The van der Waals surface area contributed by atoms with E-state index in [4.69, 9.17) is 0 Å². The summed E-state index contributed by atoms with van der Waals surface area (Å²) in [7, 11) is 0. The molecule has 19 heavy (non-hydrogen) atoms. The zero-order chi connectivity index (χ0) is 13.1. The van der Waals surface area contributed by atoms with Crippen molar-refractivity contribution in [3.63, 3.8) is 0 Å². The first kappa shape index (κ1) is 13.1. The minimum atomic E-state index is -0.305. The monoisotopic (exact) mass is 263 g/mol. The second-order valence-corrected chi connectivity index (χ2v) is 6.13. The first-order valence-corrected chi connectivity index (χ1v) is 7.72. The largest absolute Gasteiger partial charge is 0.390 e. The van der Waals surface area contributed by atoms with E-state index < -0.39 is 0 Å². The third kappa shape index (κ3) is 3.18. The number of aliphatic hydroxyl groups is 1. The number of aliphatic hydroxyl groups excluding tert-OH is 1. The van der Waals surface area contributed by atoms with Gasteiger partial charge in [-0.15, -0.1) is 0 Å². The number of hydrogen-bond donors (Lipinski definition) is 1. The maximum absolute atomic E-state index is 10.3. The minimum absolute atomic E-state index is 0.305. The fraction of sp³-hybridized carbons (Fsp3) is 0.800. The standard InChI is InChI=1S/C15H25N3O/c19-14(12-18-10-4-8-16-18)11-17-9-3-6-13-5-1-2-7-15(13)17/h4,8,10,13-15,19H,1-3,5-7,9,11-12H2. The van der Waals surface area contributed by atoms with Crippen LogP contribution in [-0.4, -0.2) is 45.0 Å². The van der Waals surface area contributed by atoms with Crippen LogP contribution in [0.3, 0.4) is 0 Å². The molecule has 0 spiro atoms. The molecule has 106 valence electrons. The van der Waals surface area contributed by atoms with Crippen LogP contribution in [-0.2, 0) is 6.54 Å². The normalized spacial score (nSPS) is 29.9. The van der Waals surface area contributed by atoms with Gasteiger partial charge in [-0.1, -0.05) is 12.8 Å². The van der Waals surface area contributed by atoms with Crippen molar-refractivity contribution in [2.45, 2.75) is 57.2 Å². The van der Waals surface area contributed by atoms with Crippen LogP contribution in [0.2, 0.25) is 0 Å².